The van der Waals surface area contributed by atoms with E-state index < -0.39 is 10.2 Å². The highest BCUT2D eigenvalue weighted by molar-refractivity contribution is 7.87. The van der Waals surface area contributed by atoms with Crippen LogP contribution < -0.4 is 4.72 Å². The quantitative estimate of drug-likeness (QED) is 0.818. The van der Waals surface area contributed by atoms with Gasteiger partial charge in [0, 0.05) is 19.1 Å². The van der Waals surface area contributed by atoms with E-state index in [9.17, 15) is 13.5 Å². The van der Waals surface area contributed by atoms with E-state index >= 15 is 0 Å². The van der Waals surface area contributed by atoms with Crippen molar-refractivity contribution in [1.82, 2.24) is 9.03 Å². The fraction of sp³-hybridized carbons (Fsp3) is 1.00. The van der Waals surface area contributed by atoms with E-state index in [1.807, 2.05) is 0 Å². The molecule has 0 aromatic heterocycles. The Morgan fingerprint density at radius 3 is 2.11 bits per heavy atom. The Labute approximate surface area is 116 Å². The number of hydrogen-bond acceptors (Lipinski definition) is 3. The van der Waals surface area contributed by atoms with Gasteiger partial charge in [0.25, 0.3) is 10.2 Å². The largest absolute Gasteiger partial charge is 0.393 e. The molecule has 0 radical (unpaired) electrons. The zero-order chi connectivity index (χ0) is 14.0. The van der Waals surface area contributed by atoms with Crippen molar-refractivity contribution in [3.05, 3.63) is 0 Å². The van der Waals surface area contributed by atoms with Crippen molar-refractivity contribution < 1.29 is 13.5 Å². The molecule has 112 valence electrons. The van der Waals surface area contributed by atoms with Gasteiger partial charge in [0.2, 0.25) is 0 Å². The second kappa shape index (κ2) is 6.08. The lowest BCUT2D eigenvalue weighted by atomic mass is 9.94. The minimum atomic E-state index is -3.36. The topological polar surface area (TPSA) is 69.6 Å². The second-order valence-electron chi connectivity index (χ2n) is 6.39. The van der Waals surface area contributed by atoms with Gasteiger partial charge in [-0.05, 0) is 43.9 Å². The summed E-state index contributed by atoms with van der Waals surface area (Å²) in [4.78, 5) is 0. The molecule has 0 aromatic rings. The third-order valence-electron chi connectivity index (χ3n) is 4.19. The van der Waals surface area contributed by atoms with Gasteiger partial charge in [0.05, 0.1) is 6.10 Å². The Hall–Kier alpha value is -0.170. The Balaban J connectivity index is 1.94. The molecule has 0 bridgehead atoms. The predicted octanol–water partition coefficient (Wildman–Crippen LogP) is 1.10. The molecule has 1 saturated carbocycles. The molecule has 2 N–H and O–H groups in total. The first-order valence-corrected chi connectivity index (χ1v) is 8.76. The monoisotopic (exact) mass is 290 g/mol. The van der Waals surface area contributed by atoms with Crippen molar-refractivity contribution in [3.8, 4) is 0 Å². The summed E-state index contributed by atoms with van der Waals surface area (Å²) in [5.74, 6) is 0.849. The van der Waals surface area contributed by atoms with E-state index in [1.54, 1.807) is 4.31 Å². The van der Waals surface area contributed by atoms with E-state index in [-0.39, 0.29) is 12.1 Å². The fourth-order valence-corrected chi connectivity index (χ4v) is 4.99. The van der Waals surface area contributed by atoms with Crippen molar-refractivity contribution in [3.63, 3.8) is 0 Å². The third-order valence-corrected chi connectivity index (χ3v) is 5.80. The standard InChI is InChI=1S/C13H26N2O3S/c1-10-7-11(2)9-15(8-10)19(17,18)14-12-3-5-13(16)6-4-12/h10-14,16H,3-9H2,1-2H3/t10-,11+,12?,13?. The van der Waals surface area contributed by atoms with Crippen molar-refractivity contribution >= 4 is 10.2 Å². The maximum atomic E-state index is 12.4. The van der Waals surface area contributed by atoms with Crippen LogP contribution in [0.3, 0.4) is 0 Å². The first-order chi connectivity index (χ1) is 8.87. The predicted molar refractivity (Wildman–Crippen MR) is 74.8 cm³/mol. The van der Waals surface area contributed by atoms with Crippen LogP contribution in [0.5, 0.6) is 0 Å². The Morgan fingerprint density at radius 2 is 1.58 bits per heavy atom. The van der Waals surface area contributed by atoms with Crippen LogP contribution >= 0.6 is 0 Å². The summed E-state index contributed by atoms with van der Waals surface area (Å²) in [6, 6.07) is -0.0130. The molecule has 6 heteroatoms. The highest BCUT2D eigenvalue weighted by Gasteiger charge is 2.32. The third kappa shape index (κ3) is 4.15. The average Bonchev–Trinajstić information content (AvgIpc) is 2.31. The lowest BCUT2D eigenvalue weighted by Crippen LogP contribution is -2.51. The molecular weight excluding hydrogens is 264 g/mol. The van der Waals surface area contributed by atoms with E-state index in [0.29, 0.717) is 37.8 Å². The summed E-state index contributed by atoms with van der Waals surface area (Å²) in [5, 5.41) is 9.46. The van der Waals surface area contributed by atoms with Crippen LogP contribution in [0.4, 0.5) is 0 Å². The summed E-state index contributed by atoms with van der Waals surface area (Å²) < 4.78 is 29.2. The average molecular weight is 290 g/mol. The maximum Gasteiger partial charge on any atom is 0.279 e. The highest BCUT2D eigenvalue weighted by atomic mass is 32.2. The molecule has 5 nitrogen and oxygen atoms in total. The minimum Gasteiger partial charge on any atom is -0.393 e. The maximum absolute atomic E-state index is 12.4. The first-order valence-electron chi connectivity index (χ1n) is 7.32. The molecule has 0 amide bonds. The summed E-state index contributed by atoms with van der Waals surface area (Å²) in [5.41, 5.74) is 0. The molecule has 2 rings (SSSR count). The number of hydrogen-bond donors (Lipinski definition) is 2. The number of rotatable bonds is 3. The molecule has 1 aliphatic heterocycles. The molecule has 19 heavy (non-hydrogen) atoms. The van der Waals surface area contributed by atoms with Gasteiger partial charge in [-0.15, -0.1) is 0 Å². The molecule has 0 unspecified atom stereocenters. The van der Waals surface area contributed by atoms with E-state index in [4.69, 9.17) is 0 Å². The summed E-state index contributed by atoms with van der Waals surface area (Å²) in [6.45, 7) is 5.45. The lowest BCUT2D eigenvalue weighted by molar-refractivity contribution is 0.120. The highest BCUT2D eigenvalue weighted by Crippen LogP contribution is 2.24. The van der Waals surface area contributed by atoms with Crippen LogP contribution in [-0.2, 0) is 10.2 Å². The van der Waals surface area contributed by atoms with Crippen LogP contribution in [0.15, 0.2) is 0 Å². The molecule has 1 heterocycles. The van der Waals surface area contributed by atoms with Crippen LogP contribution in [-0.4, -0.2) is 43.1 Å². The van der Waals surface area contributed by atoms with Crippen molar-refractivity contribution in [2.24, 2.45) is 11.8 Å². The number of nitrogens with one attached hydrogen (secondary N) is 1. The van der Waals surface area contributed by atoms with Crippen LogP contribution in [0.1, 0.15) is 46.0 Å². The van der Waals surface area contributed by atoms with Gasteiger partial charge in [0.15, 0.2) is 0 Å². The van der Waals surface area contributed by atoms with E-state index in [0.717, 1.165) is 19.3 Å². The van der Waals surface area contributed by atoms with Gasteiger partial charge in [-0.3, -0.25) is 0 Å². The molecule has 2 fully saturated rings. The fourth-order valence-electron chi connectivity index (χ4n) is 3.28. The normalized spacial score (nSPS) is 38.3. The number of aliphatic hydroxyl groups excluding tert-OH is 1. The Bertz CT molecular complexity index is 381. The molecule has 0 spiro atoms. The molecular formula is C13H26N2O3S. The Morgan fingerprint density at radius 1 is 1.05 bits per heavy atom. The van der Waals surface area contributed by atoms with E-state index in [2.05, 4.69) is 18.6 Å². The van der Waals surface area contributed by atoms with Gasteiger partial charge >= 0.3 is 0 Å². The van der Waals surface area contributed by atoms with Crippen molar-refractivity contribution in [2.45, 2.75) is 58.1 Å². The van der Waals surface area contributed by atoms with Gasteiger partial charge in [-0.25, -0.2) is 0 Å². The summed E-state index contributed by atoms with van der Waals surface area (Å²) >= 11 is 0. The zero-order valence-electron chi connectivity index (χ0n) is 11.9. The smallest absolute Gasteiger partial charge is 0.279 e. The lowest BCUT2D eigenvalue weighted by Gasteiger charge is -2.35. The molecule has 0 aromatic carbocycles. The van der Waals surface area contributed by atoms with Gasteiger partial charge in [-0.1, -0.05) is 13.8 Å². The van der Waals surface area contributed by atoms with Crippen LogP contribution in [0.2, 0.25) is 0 Å². The summed E-state index contributed by atoms with van der Waals surface area (Å²) in [7, 11) is -3.36. The number of aliphatic hydroxyl groups is 1. The Kier molecular flexibility index (Phi) is 4.87. The van der Waals surface area contributed by atoms with Gasteiger partial charge < -0.3 is 5.11 Å². The molecule has 1 saturated heterocycles. The van der Waals surface area contributed by atoms with Crippen LogP contribution in [0, 0.1) is 11.8 Å². The summed E-state index contributed by atoms with van der Waals surface area (Å²) in [6.07, 6.45) is 3.70. The van der Waals surface area contributed by atoms with E-state index in [1.165, 1.54) is 0 Å². The number of nitrogens with zero attached hydrogens (tertiary/aromatic N) is 1. The van der Waals surface area contributed by atoms with Crippen molar-refractivity contribution in [1.29, 1.82) is 0 Å². The van der Waals surface area contributed by atoms with Crippen molar-refractivity contribution in [2.75, 3.05) is 13.1 Å². The second-order valence-corrected chi connectivity index (χ2v) is 8.09. The van der Waals surface area contributed by atoms with Gasteiger partial charge in [-0.2, -0.15) is 17.4 Å². The molecule has 1 aliphatic carbocycles. The molecule has 2 aliphatic rings. The van der Waals surface area contributed by atoms with Gasteiger partial charge in [0.1, 0.15) is 0 Å². The number of piperidine rings is 1. The molecule has 2 atom stereocenters. The zero-order valence-corrected chi connectivity index (χ0v) is 12.7. The SMILES string of the molecule is C[C@@H]1C[C@H](C)CN(S(=O)(=O)NC2CCC(O)CC2)C1. The minimum absolute atomic E-state index is 0.0130. The van der Waals surface area contributed by atoms with Crippen LogP contribution in [0.25, 0.3) is 0 Å². The first kappa shape index (κ1) is 15.2.